The van der Waals surface area contributed by atoms with Gasteiger partial charge in [-0.2, -0.15) is 0 Å². The molecule has 1 aromatic rings. The lowest BCUT2D eigenvalue weighted by atomic mass is 10.0. The number of carbonyl (C=O) groups is 1. The van der Waals surface area contributed by atoms with E-state index in [-0.39, 0.29) is 6.03 Å². The van der Waals surface area contributed by atoms with Crippen LogP contribution in [0.15, 0.2) is 18.2 Å². The minimum absolute atomic E-state index is 0.0682. The SMILES string of the molecule is Cc1cccc(C)c1OCCCNC(=O)N1CCCC(C)C1. The summed E-state index contributed by atoms with van der Waals surface area (Å²) in [6, 6.07) is 6.22. The number of piperidine rings is 1. The van der Waals surface area contributed by atoms with E-state index in [4.69, 9.17) is 4.74 Å². The first-order valence-corrected chi connectivity index (χ1v) is 8.29. The second-order valence-electron chi connectivity index (χ2n) is 6.35. The predicted molar refractivity (Wildman–Crippen MR) is 89.4 cm³/mol. The largest absolute Gasteiger partial charge is 0.493 e. The average Bonchev–Trinajstić information content (AvgIpc) is 2.49. The molecule has 4 nitrogen and oxygen atoms in total. The van der Waals surface area contributed by atoms with Crippen molar-refractivity contribution >= 4 is 6.03 Å². The van der Waals surface area contributed by atoms with Crippen LogP contribution in [0.4, 0.5) is 4.79 Å². The summed E-state index contributed by atoms with van der Waals surface area (Å²) < 4.78 is 5.85. The summed E-state index contributed by atoms with van der Waals surface area (Å²) in [4.78, 5) is 14.0. The van der Waals surface area contributed by atoms with Gasteiger partial charge >= 0.3 is 6.03 Å². The Morgan fingerprint density at radius 1 is 1.36 bits per heavy atom. The van der Waals surface area contributed by atoms with E-state index in [9.17, 15) is 4.79 Å². The molecule has 1 aliphatic heterocycles. The Morgan fingerprint density at radius 3 is 2.77 bits per heavy atom. The lowest BCUT2D eigenvalue weighted by Gasteiger charge is -2.30. The number of carbonyl (C=O) groups excluding carboxylic acids is 1. The molecule has 1 fully saturated rings. The number of nitrogens with zero attached hydrogens (tertiary/aromatic N) is 1. The van der Waals surface area contributed by atoms with Crippen LogP contribution in [0.1, 0.15) is 37.3 Å². The van der Waals surface area contributed by atoms with E-state index in [1.807, 2.05) is 11.0 Å². The van der Waals surface area contributed by atoms with Gasteiger partial charge in [0, 0.05) is 19.6 Å². The summed E-state index contributed by atoms with van der Waals surface area (Å²) in [6.45, 7) is 9.37. The highest BCUT2D eigenvalue weighted by Gasteiger charge is 2.20. The van der Waals surface area contributed by atoms with Crippen molar-refractivity contribution in [1.82, 2.24) is 10.2 Å². The second kappa shape index (κ2) is 8.06. The fraction of sp³-hybridized carbons (Fsp3) is 0.611. The summed E-state index contributed by atoms with van der Waals surface area (Å²) >= 11 is 0. The summed E-state index contributed by atoms with van der Waals surface area (Å²) in [5.74, 6) is 1.59. The van der Waals surface area contributed by atoms with Crippen LogP contribution in [0.3, 0.4) is 0 Å². The predicted octanol–water partition coefficient (Wildman–Crippen LogP) is 3.51. The van der Waals surface area contributed by atoms with Crippen molar-refractivity contribution in [2.75, 3.05) is 26.2 Å². The van der Waals surface area contributed by atoms with Crippen LogP contribution in [0.5, 0.6) is 5.75 Å². The molecule has 1 heterocycles. The lowest BCUT2D eigenvalue weighted by molar-refractivity contribution is 0.169. The fourth-order valence-electron chi connectivity index (χ4n) is 2.95. The van der Waals surface area contributed by atoms with E-state index < -0.39 is 0 Å². The Labute approximate surface area is 133 Å². The van der Waals surface area contributed by atoms with Gasteiger partial charge in [-0.05, 0) is 50.2 Å². The van der Waals surface area contributed by atoms with E-state index in [0.29, 0.717) is 19.1 Å². The van der Waals surface area contributed by atoms with Crippen molar-refractivity contribution in [1.29, 1.82) is 0 Å². The summed E-state index contributed by atoms with van der Waals surface area (Å²) in [7, 11) is 0. The Bertz CT molecular complexity index is 482. The van der Waals surface area contributed by atoms with E-state index in [1.54, 1.807) is 0 Å². The van der Waals surface area contributed by atoms with Gasteiger partial charge in [-0.3, -0.25) is 0 Å². The molecule has 4 heteroatoms. The van der Waals surface area contributed by atoms with Gasteiger partial charge < -0.3 is 15.0 Å². The molecule has 0 saturated carbocycles. The molecule has 22 heavy (non-hydrogen) atoms. The van der Waals surface area contributed by atoms with Crippen LogP contribution >= 0.6 is 0 Å². The molecule has 0 bridgehead atoms. The first kappa shape index (κ1) is 16.7. The number of benzene rings is 1. The quantitative estimate of drug-likeness (QED) is 0.846. The zero-order chi connectivity index (χ0) is 15.9. The standard InChI is InChI=1S/C18H28N2O2/c1-14-7-5-11-20(13-14)18(21)19-10-6-12-22-17-15(2)8-4-9-16(17)3/h4,8-9,14H,5-7,10-13H2,1-3H3,(H,19,21). The van der Waals surface area contributed by atoms with Crippen molar-refractivity contribution in [2.24, 2.45) is 5.92 Å². The normalized spacial score (nSPS) is 18.1. The van der Waals surface area contributed by atoms with Crippen LogP contribution < -0.4 is 10.1 Å². The maximum Gasteiger partial charge on any atom is 0.317 e. The Balaban J connectivity index is 1.66. The van der Waals surface area contributed by atoms with Gasteiger partial charge in [-0.25, -0.2) is 4.79 Å². The highest BCUT2D eigenvalue weighted by Crippen LogP contribution is 2.22. The first-order valence-electron chi connectivity index (χ1n) is 8.29. The van der Waals surface area contributed by atoms with Gasteiger partial charge in [0.1, 0.15) is 5.75 Å². The van der Waals surface area contributed by atoms with Crippen LogP contribution in [-0.2, 0) is 0 Å². The Hall–Kier alpha value is -1.71. The van der Waals surface area contributed by atoms with Gasteiger partial charge in [0.2, 0.25) is 0 Å². The molecule has 1 atom stereocenters. The van der Waals surface area contributed by atoms with Gasteiger partial charge in [-0.1, -0.05) is 25.1 Å². The first-order chi connectivity index (χ1) is 10.6. The smallest absolute Gasteiger partial charge is 0.317 e. The zero-order valence-corrected chi connectivity index (χ0v) is 14.0. The van der Waals surface area contributed by atoms with E-state index in [0.717, 1.165) is 42.8 Å². The topological polar surface area (TPSA) is 41.6 Å². The van der Waals surface area contributed by atoms with Crippen molar-refractivity contribution in [3.05, 3.63) is 29.3 Å². The number of urea groups is 1. The van der Waals surface area contributed by atoms with Crippen molar-refractivity contribution < 1.29 is 9.53 Å². The third-order valence-electron chi connectivity index (χ3n) is 4.20. The molecule has 1 N–H and O–H groups in total. The monoisotopic (exact) mass is 304 g/mol. The molecule has 2 rings (SSSR count). The number of nitrogens with one attached hydrogen (secondary N) is 1. The highest BCUT2D eigenvalue weighted by molar-refractivity contribution is 5.74. The molecular weight excluding hydrogens is 276 g/mol. The Morgan fingerprint density at radius 2 is 2.09 bits per heavy atom. The summed E-state index contributed by atoms with van der Waals surface area (Å²) in [6.07, 6.45) is 3.17. The van der Waals surface area contributed by atoms with Crippen LogP contribution in [0, 0.1) is 19.8 Å². The number of likely N-dealkylation sites (tertiary alicyclic amines) is 1. The van der Waals surface area contributed by atoms with Gasteiger partial charge in [-0.15, -0.1) is 0 Å². The van der Waals surface area contributed by atoms with Gasteiger partial charge in [0.15, 0.2) is 0 Å². The molecule has 1 saturated heterocycles. The maximum atomic E-state index is 12.1. The van der Waals surface area contributed by atoms with Crippen molar-refractivity contribution in [3.63, 3.8) is 0 Å². The number of aryl methyl sites for hydroxylation is 2. The molecule has 1 aliphatic rings. The molecule has 0 spiro atoms. The number of rotatable bonds is 5. The van der Waals surface area contributed by atoms with Crippen LogP contribution in [-0.4, -0.2) is 37.2 Å². The number of para-hydroxylation sites is 1. The Kier molecular flexibility index (Phi) is 6.10. The number of hydrogen-bond donors (Lipinski definition) is 1. The zero-order valence-electron chi connectivity index (χ0n) is 14.0. The third-order valence-corrected chi connectivity index (χ3v) is 4.20. The van der Waals surface area contributed by atoms with E-state index in [2.05, 4.69) is 38.2 Å². The highest BCUT2D eigenvalue weighted by atomic mass is 16.5. The molecule has 0 radical (unpaired) electrons. The molecule has 1 unspecified atom stereocenters. The number of hydrogen-bond acceptors (Lipinski definition) is 2. The molecular formula is C18H28N2O2. The van der Waals surface area contributed by atoms with E-state index >= 15 is 0 Å². The minimum atomic E-state index is 0.0682. The lowest BCUT2D eigenvalue weighted by Crippen LogP contribution is -2.45. The van der Waals surface area contributed by atoms with Crippen LogP contribution in [0.2, 0.25) is 0 Å². The maximum absolute atomic E-state index is 12.1. The molecule has 122 valence electrons. The van der Waals surface area contributed by atoms with Gasteiger partial charge in [0.25, 0.3) is 0 Å². The molecule has 1 aromatic carbocycles. The summed E-state index contributed by atoms with van der Waals surface area (Å²) in [5, 5.41) is 3.00. The molecule has 0 aromatic heterocycles. The third kappa shape index (κ3) is 4.65. The molecule has 2 amide bonds. The molecule has 0 aliphatic carbocycles. The van der Waals surface area contributed by atoms with Crippen molar-refractivity contribution in [3.8, 4) is 5.75 Å². The van der Waals surface area contributed by atoms with Crippen LogP contribution in [0.25, 0.3) is 0 Å². The summed E-state index contributed by atoms with van der Waals surface area (Å²) in [5.41, 5.74) is 2.32. The average molecular weight is 304 g/mol. The van der Waals surface area contributed by atoms with E-state index in [1.165, 1.54) is 6.42 Å². The van der Waals surface area contributed by atoms with Crippen molar-refractivity contribution in [2.45, 2.75) is 40.0 Å². The number of amides is 2. The number of ether oxygens (including phenoxy) is 1. The minimum Gasteiger partial charge on any atom is -0.493 e. The second-order valence-corrected chi connectivity index (χ2v) is 6.35. The fourth-order valence-corrected chi connectivity index (χ4v) is 2.95. The van der Waals surface area contributed by atoms with Gasteiger partial charge in [0.05, 0.1) is 6.61 Å².